The average molecular weight is 645 g/mol. The minimum atomic E-state index is -4.36. The van der Waals surface area contributed by atoms with Crippen molar-refractivity contribution in [3.05, 3.63) is 154 Å². The molecule has 0 fully saturated rings. The average Bonchev–Trinajstić information content (AvgIpc) is 3.39. The number of esters is 1. The van der Waals surface area contributed by atoms with Gasteiger partial charge in [0.1, 0.15) is 19.3 Å². The molecule has 1 heterocycles. The van der Waals surface area contributed by atoms with Gasteiger partial charge in [-0.25, -0.2) is 9.36 Å². The quantitative estimate of drug-likeness (QED) is 0.101. The molecule has 0 aromatic heterocycles. The van der Waals surface area contributed by atoms with Crippen molar-refractivity contribution in [2.45, 2.75) is 52.5 Å². The Bertz CT molecular complexity index is 1630. The van der Waals surface area contributed by atoms with Gasteiger partial charge in [-0.3, -0.25) is 13.6 Å². The molecule has 1 aliphatic rings. The summed E-state index contributed by atoms with van der Waals surface area (Å²) in [5, 5.41) is 10.5. The lowest BCUT2D eigenvalue weighted by molar-refractivity contribution is -0.148. The fourth-order valence-corrected chi connectivity index (χ4v) is 6.12. The second-order valence-electron chi connectivity index (χ2n) is 10.9. The Morgan fingerprint density at radius 1 is 0.696 bits per heavy atom. The summed E-state index contributed by atoms with van der Waals surface area (Å²) in [6, 6.07) is 33.6. The summed E-state index contributed by atoms with van der Waals surface area (Å²) in [4.78, 5) is 13.2. The first-order chi connectivity index (χ1) is 22.3. The Morgan fingerprint density at radius 2 is 1.20 bits per heavy atom. The van der Waals surface area contributed by atoms with Crippen LogP contribution in [0.3, 0.4) is 0 Å². The highest BCUT2D eigenvalue weighted by Gasteiger charge is 2.46. The summed E-state index contributed by atoms with van der Waals surface area (Å²) in [6.07, 6.45) is -2.68. The van der Waals surface area contributed by atoms with Crippen LogP contribution in [-0.4, -0.2) is 29.9 Å². The van der Waals surface area contributed by atoms with Crippen molar-refractivity contribution < 1.29 is 42.2 Å². The van der Waals surface area contributed by atoms with E-state index in [4.69, 9.17) is 27.8 Å². The zero-order valence-corrected chi connectivity index (χ0v) is 26.6. The van der Waals surface area contributed by atoms with Gasteiger partial charge >= 0.3 is 13.8 Å². The minimum Gasteiger partial charge on any atom is -0.485 e. The molecular formula is C36H37O9P. The van der Waals surface area contributed by atoms with Gasteiger partial charge in [-0.15, -0.1) is 0 Å². The van der Waals surface area contributed by atoms with Gasteiger partial charge in [-0.1, -0.05) is 120 Å². The molecule has 10 heteroatoms. The van der Waals surface area contributed by atoms with Gasteiger partial charge in [-0.05, 0) is 36.1 Å². The molecule has 240 valence electrons. The first-order valence-electron chi connectivity index (χ1n) is 14.9. The monoisotopic (exact) mass is 644 g/mol. The fourth-order valence-electron chi connectivity index (χ4n) is 4.80. The van der Waals surface area contributed by atoms with Crippen molar-refractivity contribution in [1.82, 2.24) is 0 Å². The van der Waals surface area contributed by atoms with Crippen LogP contribution in [0.2, 0.25) is 0 Å². The predicted octanol–water partition coefficient (Wildman–Crippen LogP) is 7.09. The summed E-state index contributed by atoms with van der Waals surface area (Å²) >= 11 is 0. The lowest BCUT2D eigenvalue weighted by atomic mass is 10.1. The number of phosphoric ester groups is 1. The van der Waals surface area contributed by atoms with Gasteiger partial charge < -0.3 is 19.3 Å². The smallest absolute Gasteiger partial charge is 0.475 e. The number of cyclic esters (lactones) is 1. The van der Waals surface area contributed by atoms with Crippen LogP contribution in [0.1, 0.15) is 33.4 Å². The Kier molecular flexibility index (Phi) is 11.4. The summed E-state index contributed by atoms with van der Waals surface area (Å²) in [6.45, 7) is 3.18. The minimum absolute atomic E-state index is 0.0101. The number of hydrogen-bond donors (Lipinski definition) is 1. The molecule has 4 aromatic carbocycles. The summed E-state index contributed by atoms with van der Waals surface area (Å²) in [7, 11) is -4.36. The molecule has 46 heavy (non-hydrogen) atoms. The van der Waals surface area contributed by atoms with Crippen molar-refractivity contribution in [3.63, 3.8) is 0 Å². The van der Waals surface area contributed by atoms with Crippen LogP contribution >= 0.6 is 7.82 Å². The molecule has 0 saturated heterocycles. The highest BCUT2D eigenvalue weighted by Crippen LogP contribution is 2.53. The molecule has 0 saturated carbocycles. The number of aliphatic hydroxyl groups excluding tert-OH is 1. The highest BCUT2D eigenvalue weighted by molar-refractivity contribution is 7.48. The van der Waals surface area contributed by atoms with Gasteiger partial charge in [-0.2, -0.15) is 0 Å². The second-order valence-corrected chi connectivity index (χ2v) is 12.5. The third kappa shape index (κ3) is 9.16. The maximum Gasteiger partial charge on any atom is 0.475 e. The van der Waals surface area contributed by atoms with Crippen LogP contribution in [0, 0.1) is 13.8 Å². The van der Waals surface area contributed by atoms with Gasteiger partial charge in [0.25, 0.3) is 0 Å². The standard InChI is InChI=1S/C36H37O9P/c1-26-11-9-17-30(19-26)22-40-34-33(44-36(38)35(34)41-23-31-18-10-12-27(2)20-31)32(21-37)45-46(39,42-24-28-13-5-3-6-14-28)43-25-29-15-7-4-8-16-29/h3-20,32-33,37H,21-25H2,1-2H3. The molecule has 5 rings (SSSR count). The van der Waals surface area contributed by atoms with Gasteiger partial charge in [0.2, 0.25) is 5.76 Å². The molecular weight excluding hydrogens is 607 g/mol. The number of benzene rings is 4. The molecule has 1 aliphatic heterocycles. The van der Waals surface area contributed by atoms with Crippen molar-refractivity contribution in [1.29, 1.82) is 0 Å². The van der Waals surface area contributed by atoms with E-state index in [1.54, 1.807) is 0 Å². The Labute approximate surface area is 268 Å². The first kappa shape index (κ1) is 33.1. The number of carbonyl (C=O) groups is 1. The van der Waals surface area contributed by atoms with Gasteiger partial charge in [0.05, 0.1) is 19.8 Å². The normalized spacial score (nSPS) is 15.5. The number of aryl methyl sites for hydroxylation is 2. The van der Waals surface area contributed by atoms with Crippen LogP contribution in [-0.2, 0) is 63.6 Å². The third-order valence-corrected chi connectivity index (χ3v) is 8.51. The number of hydrogen-bond acceptors (Lipinski definition) is 9. The zero-order valence-electron chi connectivity index (χ0n) is 25.7. The van der Waals surface area contributed by atoms with E-state index in [1.807, 2.05) is 123 Å². The molecule has 2 unspecified atom stereocenters. The van der Waals surface area contributed by atoms with Crippen LogP contribution < -0.4 is 0 Å². The topological polar surface area (TPSA) is 110 Å². The summed E-state index contributed by atoms with van der Waals surface area (Å²) in [5.41, 5.74) is 5.21. The Hall–Kier alpha value is -4.24. The van der Waals surface area contributed by atoms with Crippen molar-refractivity contribution >= 4 is 13.8 Å². The molecule has 9 nitrogen and oxygen atoms in total. The zero-order chi connectivity index (χ0) is 32.4. The highest BCUT2D eigenvalue weighted by atomic mass is 31.2. The van der Waals surface area contributed by atoms with E-state index in [9.17, 15) is 14.5 Å². The van der Waals surface area contributed by atoms with E-state index in [2.05, 4.69) is 0 Å². The first-order valence-corrected chi connectivity index (χ1v) is 16.4. The number of phosphoric acid groups is 1. The summed E-state index contributed by atoms with van der Waals surface area (Å²) < 4.78 is 49.3. The van der Waals surface area contributed by atoms with Crippen LogP contribution in [0.25, 0.3) is 0 Å². The molecule has 0 aliphatic carbocycles. The van der Waals surface area contributed by atoms with E-state index in [0.717, 1.165) is 33.4 Å². The van der Waals surface area contributed by atoms with Crippen molar-refractivity contribution in [2.75, 3.05) is 6.61 Å². The second kappa shape index (κ2) is 15.9. The Morgan fingerprint density at radius 3 is 1.70 bits per heavy atom. The van der Waals surface area contributed by atoms with E-state index in [0.29, 0.717) is 0 Å². The lowest BCUT2D eigenvalue weighted by Gasteiger charge is -2.27. The number of carbonyl (C=O) groups excluding carboxylic acids is 1. The van der Waals surface area contributed by atoms with Crippen LogP contribution in [0.15, 0.2) is 121 Å². The molecule has 0 spiro atoms. The van der Waals surface area contributed by atoms with Crippen LogP contribution in [0.5, 0.6) is 0 Å². The predicted molar refractivity (Wildman–Crippen MR) is 171 cm³/mol. The largest absolute Gasteiger partial charge is 0.485 e. The Balaban J connectivity index is 1.41. The lowest BCUT2D eigenvalue weighted by Crippen LogP contribution is -2.35. The van der Waals surface area contributed by atoms with Crippen molar-refractivity contribution in [3.8, 4) is 0 Å². The van der Waals surface area contributed by atoms with E-state index in [-0.39, 0.29) is 37.9 Å². The molecule has 2 atom stereocenters. The van der Waals surface area contributed by atoms with E-state index < -0.39 is 32.6 Å². The van der Waals surface area contributed by atoms with Crippen molar-refractivity contribution in [2.24, 2.45) is 0 Å². The molecule has 4 aromatic rings. The maximum absolute atomic E-state index is 14.1. The number of ether oxygens (including phenoxy) is 3. The summed E-state index contributed by atoms with van der Waals surface area (Å²) in [5.74, 6) is -0.952. The number of aliphatic hydroxyl groups is 1. The maximum atomic E-state index is 14.1. The fraction of sp³-hybridized carbons (Fsp3) is 0.250. The van der Waals surface area contributed by atoms with Gasteiger partial charge in [0, 0.05) is 0 Å². The van der Waals surface area contributed by atoms with E-state index >= 15 is 0 Å². The molecule has 0 radical (unpaired) electrons. The van der Waals surface area contributed by atoms with E-state index in [1.165, 1.54) is 0 Å². The third-order valence-electron chi connectivity index (χ3n) is 7.09. The van der Waals surface area contributed by atoms with Gasteiger partial charge in [0.15, 0.2) is 11.9 Å². The number of rotatable bonds is 16. The van der Waals surface area contributed by atoms with Crippen LogP contribution in [0.4, 0.5) is 0 Å². The molecule has 0 amide bonds. The SMILES string of the molecule is Cc1cccc(COC2=C(OCc3cccc(C)c3)C(C(CO)OP(=O)(OCc3ccccc3)OCc3ccccc3)OC2=O)c1. The molecule has 0 bridgehead atoms. The molecule has 1 N–H and O–H groups in total.